The summed E-state index contributed by atoms with van der Waals surface area (Å²) in [5.41, 5.74) is 4.75. The Bertz CT molecular complexity index is 505. The lowest BCUT2D eigenvalue weighted by Gasteiger charge is -2.06. The van der Waals surface area contributed by atoms with Crippen molar-refractivity contribution in [3.63, 3.8) is 0 Å². The minimum atomic E-state index is 0.844. The largest absolute Gasteiger partial charge is 0.312 e. The van der Waals surface area contributed by atoms with Crippen LogP contribution < -0.4 is 5.32 Å². The molecule has 1 aromatic heterocycles. The number of benzene rings is 1. The Balaban J connectivity index is 2.35. The summed E-state index contributed by atoms with van der Waals surface area (Å²) < 4.78 is 4.07. The van der Waals surface area contributed by atoms with Crippen molar-refractivity contribution < 1.29 is 0 Å². The molecule has 0 fully saturated rings. The third-order valence-corrected chi connectivity index (χ3v) is 3.45. The van der Waals surface area contributed by atoms with Gasteiger partial charge < -0.3 is 5.32 Å². The van der Waals surface area contributed by atoms with Gasteiger partial charge >= 0.3 is 0 Å². The van der Waals surface area contributed by atoms with Crippen molar-refractivity contribution in [2.45, 2.75) is 27.3 Å². The van der Waals surface area contributed by atoms with Crippen molar-refractivity contribution in [2.24, 2.45) is 0 Å². The van der Waals surface area contributed by atoms with Crippen LogP contribution in [0.1, 0.15) is 22.9 Å². The number of aromatic nitrogens is 2. The van der Waals surface area contributed by atoms with Crippen molar-refractivity contribution in [2.75, 3.05) is 6.54 Å². The van der Waals surface area contributed by atoms with Gasteiger partial charge in [-0.15, -0.1) is 5.10 Å². The van der Waals surface area contributed by atoms with Crippen LogP contribution in [0.5, 0.6) is 0 Å². The fourth-order valence-corrected chi connectivity index (χ4v) is 2.47. The molecule has 0 spiro atoms. The fourth-order valence-electron chi connectivity index (χ4n) is 1.85. The fraction of sp³-hybridized carbons (Fsp3) is 0.385. The molecular formula is C13H17N3S. The molecule has 4 heteroatoms. The van der Waals surface area contributed by atoms with Crippen LogP contribution >= 0.6 is 11.5 Å². The van der Waals surface area contributed by atoms with Gasteiger partial charge in [0.2, 0.25) is 0 Å². The van der Waals surface area contributed by atoms with Crippen molar-refractivity contribution in [3.8, 4) is 11.3 Å². The molecule has 0 unspecified atom stereocenters. The zero-order valence-corrected chi connectivity index (χ0v) is 11.3. The predicted molar refractivity (Wildman–Crippen MR) is 72.2 cm³/mol. The van der Waals surface area contributed by atoms with E-state index in [-0.39, 0.29) is 0 Å². The van der Waals surface area contributed by atoms with E-state index in [1.807, 2.05) is 0 Å². The molecule has 3 nitrogen and oxygen atoms in total. The highest BCUT2D eigenvalue weighted by Gasteiger charge is 2.11. The minimum absolute atomic E-state index is 0.844. The number of nitrogens with one attached hydrogen (secondary N) is 1. The van der Waals surface area contributed by atoms with Crippen molar-refractivity contribution in [1.82, 2.24) is 14.9 Å². The lowest BCUT2D eigenvalue weighted by molar-refractivity contribution is 0.735. The molecule has 2 aromatic rings. The second-order valence-corrected chi connectivity index (χ2v) is 4.98. The normalized spacial score (nSPS) is 10.8. The highest BCUT2D eigenvalue weighted by molar-refractivity contribution is 7.05. The van der Waals surface area contributed by atoms with Gasteiger partial charge in [-0.05, 0) is 37.5 Å². The molecule has 1 aromatic carbocycles. The van der Waals surface area contributed by atoms with E-state index in [9.17, 15) is 0 Å². The number of aryl methyl sites for hydroxylation is 2. The Morgan fingerprint density at radius 2 is 2.12 bits per heavy atom. The minimum Gasteiger partial charge on any atom is -0.312 e. The second kappa shape index (κ2) is 5.38. The summed E-state index contributed by atoms with van der Waals surface area (Å²) in [6, 6.07) is 6.45. The van der Waals surface area contributed by atoms with Crippen LogP contribution in [0.4, 0.5) is 0 Å². The molecule has 0 aliphatic carbocycles. The van der Waals surface area contributed by atoms with Crippen LogP contribution in [0.15, 0.2) is 18.2 Å². The Morgan fingerprint density at radius 3 is 2.82 bits per heavy atom. The number of nitrogens with zero attached hydrogens (tertiary/aromatic N) is 2. The van der Waals surface area contributed by atoms with E-state index in [4.69, 9.17) is 0 Å². The molecule has 90 valence electrons. The van der Waals surface area contributed by atoms with Gasteiger partial charge in [0.15, 0.2) is 0 Å². The first-order valence-corrected chi connectivity index (χ1v) is 6.59. The Labute approximate surface area is 106 Å². The van der Waals surface area contributed by atoms with Crippen LogP contribution in [0.3, 0.4) is 0 Å². The van der Waals surface area contributed by atoms with Gasteiger partial charge in [0.25, 0.3) is 0 Å². The smallest absolute Gasteiger partial charge is 0.110 e. The quantitative estimate of drug-likeness (QED) is 0.902. The van der Waals surface area contributed by atoms with Gasteiger partial charge in [-0.2, -0.15) is 0 Å². The molecule has 17 heavy (non-hydrogen) atoms. The SMILES string of the molecule is CCNCc1snnc1-c1ccc(C)cc1C. The van der Waals surface area contributed by atoms with Gasteiger partial charge in [-0.1, -0.05) is 35.2 Å². The van der Waals surface area contributed by atoms with Gasteiger partial charge in [0.05, 0.1) is 4.88 Å². The van der Waals surface area contributed by atoms with Gasteiger partial charge in [-0.3, -0.25) is 0 Å². The monoisotopic (exact) mass is 247 g/mol. The Hall–Kier alpha value is -1.26. The van der Waals surface area contributed by atoms with Crippen LogP contribution in [-0.2, 0) is 6.54 Å². The summed E-state index contributed by atoms with van der Waals surface area (Å²) in [6.45, 7) is 8.14. The molecule has 0 atom stereocenters. The topological polar surface area (TPSA) is 37.8 Å². The molecule has 0 amide bonds. The number of hydrogen-bond acceptors (Lipinski definition) is 4. The number of rotatable bonds is 4. The standard InChI is InChI=1S/C13H17N3S/c1-4-14-8-12-13(15-16-17-12)11-6-5-9(2)7-10(11)3/h5-7,14H,4,8H2,1-3H3. The lowest BCUT2D eigenvalue weighted by atomic mass is 10.0. The van der Waals surface area contributed by atoms with E-state index in [0.29, 0.717) is 0 Å². The molecule has 1 N–H and O–H groups in total. The summed E-state index contributed by atoms with van der Waals surface area (Å²) in [6.07, 6.45) is 0. The highest BCUT2D eigenvalue weighted by atomic mass is 32.1. The van der Waals surface area contributed by atoms with Gasteiger partial charge in [0.1, 0.15) is 5.69 Å². The summed E-state index contributed by atoms with van der Waals surface area (Å²) in [7, 11) is 0. The van der Waals surface area contributed by atoms with E-state index in [0.717, 1.165) is 18.8 Å². The second-order valence-electron chi connectivity index (χ2n) is 4.14. The van der Waals surface area contributed by atoms with Crippen molar-refractivity contribution in [1.29, 1.82) is 0 Å². The zero-order valence-electron chi connectivity index (χ0n) is 10.4. The zero-order chi connectivity index (χ0) is 12.3. The van der Waals surface area contributed by atoms with E-state index in [1.165, 1.54) is 33.1 Å². The van der Waals surface area contributed by atoms with Crippen LogP contribution in [-0.4, -0.2) is 16.1 Å². The van der Waals surface area contributed by atoms with Gasteiger partial charge in [-0.25, -0.2) is 0 Å². The van der Waals surface area contributed by atoms with Crippen LogP contribution in [0.2, 0.25) is 0 Å². The molecule has 0 aliphatic heterocycles. The molecular weight excluding hydrogens is 230 g/mol. The van der Waals surface area contributed by atoms with Crippen molar-refractivity contribution in [3.05, 3.63) is 34.2 Å². The van der Waals surface area contributed by atoms with E-state index in [1.54, 1.807) is 0 Å². The molecule has 2 rings (SSSR count). The first-order valence-electron chi connectivity index (χ1n) is 5.82. The summed E-state index contributed by atoms with van der Waals surface area (Å²) in [4.78, 5) is 1.21. The molecule has 0 saturated heterocycles. The molecule has 1 heterocycles. The maximum Gasteiger partial charge on any atom is 0.110 e. The summed E-state index contributed by atoms with van der Waals surface area (Å²) in [5, 5.41) is 7.58. The van der Waals surface area contributed by atoms with Crippen molar-refractivity contribution >= 4 is 11.5 Å². The molecule has 0 saturated carbocycles. The van der Waals surface area contributed by atoms with E-state index >= 15 is 0 Å². The summed E-state index contributed by atoms with van der Waals surface area (Å²) >= 11 is 1.47. The van der Waals surface area contributed by atoms with E-state index in [2.05, 4.69) is 53.9 Å². The third-order valence-electron chi connectivity index (χ3n) is 2.73. The molecule has 0 radical (unpaired) electrons. The third kappa shape index (κ3) is 2.70. The highest BCUT2D eigenvalue weighted by Crippen LogP contribution is 2.27. The molecule has 0 aliphatic rings. The Kier molecular flexibility index (Phi) is 3.86. The summed E-state index contributed by atoms with van der Waals surface area (Å²) in [5.74, 6) is 0. The lowest BCUT2D eigenvalue weighted by Crippen LogP contribution is -2.11. The average molecular weight is 247 g/mol. The Morgan fingerprint density at radius 1 is 1.29 bits per heavy atom. The maximum absolute atomic E-state index is 4.26. The van der Waals surface area contributed by atoms with Crippen LogP contribution in [0.25, 0.3) is 11.3 Å². The average Bonchev–Trinajstić information content (AvgIpc) is 2.74. The first-order chi connectivity index (χ1) is 8.22. The molecule has 0 bridgehead atoms. The van der Waals surface area contributed by atoms with Gasteiger partial charge in [0, 0.05) is 12.1 Å². The number of hydrogen-bond donors (Lipinski definition) is 1. The first kappa shape index (κ1) is 12.2. The maximum atomic E-state index is 4.26. The van der Waals surface area contributed by atoms with Crippen LogP contribution in [0, 0.1) is 13.8 Å². The van der Waals surface area contributed by atoms with E-state index < -0.39 is 0 Å². The predicted octanol–water partition coefficient (Wildman–Crippen LogP) is 2.93.